The summed E-state index contributed by atoms with van der Waals surface area (Å²) in [4.78, 5) is 27.8. The third-order valence-corrected chi connectivity index (χ3v) is 7.46. The van der Waals surface area contributed by atoms with E-state index in [4.69, 9.17) is 4.74 Å². The van der Waals surface area contributed by atoms with Crippen LogP contribution in [0.2, 0.25) is 0 Å². The fourth-order valence-corrected chi connectivity index (χ4v) is 4.68. The van der Waals surface area contributed by atoms with Crippen LogP contribution in [0.25, 0.3) is 0 Å². The molecule has 0 aliphatic carbocycles. The van der Waals surface area contributed by atoms with E-state index in [1.807, 2.05) is 25.1 Å². The first kappa shape index (κ1) is 28.1. The third kappa shape index (κ3) is 6.95. The number of anilines is 1. The number of hydrogen-bond acceptors (Lipinski definition) is 5. The van der Waals surface area contributed by atoms with Crippen molar-refractivity contribution < 1.29 is 22.7 Å². The number of likely N-dealkylation sites (N-methyl/N-ethyl adjacent to an activating group) is 1. The molecule has 0 aromatic heterocycles. The van der Waals surface area contributed by atoms with Crippen LogP contribution in [-0.2, 0) is 26.3 Å². The summed E-state index contributed by atoms with van der Waals surface area (Å²) in [5.41, 5.74) is 2.74. The first-order valence-corrected chi connectivity index (χ1v) is 12.8. The van der Waals surface area contributed by atoms with E-state index in [0.717, 1.165) is 19.7 Å². The molecule has 0 aliphatic rings. The molecule has 0 fully saturated rings. The van der Waals surface area contributed by atoms with Crippen molar-refractivity contribution in [1.82, 2.24) is 14.5 Å². The first-order chi connectivity index (χ1) is 16.4. The quantitative estimate of drug-likeness (QED) is 0.507. The molecule has 0 heterocycles. The van der Waals surface area contributed by atoms with Gasteiger partial charge in [-0.3, -0.25) is 9.59 Å². The highest BCUT2D eigenvalue weighted by Gasteiger charge is 2.33. The zero-order valence-electron chi connectivity index (χ0n) is 21.5. The zero-order chi connectivity index (χ0) is 26.3. The van der Waals surface area contributed by atoms with Crippen LogP contribution in [0.4, 0.5) is 5.69 Å². The van der Waals surface area contributed by atoms with Crippen molar-refractivity contribution in [2.75, 3.05) is 38.6 Å². The maximum absolute atomic E-state index is 13.7. The van der Waals surface area contributed by atoms with Gasteiger partial charge in [0, 0.05) is 27.2 Å². The highest BCUT2D eigenvalue weighted by Crippen LogP contribution is 2.26. The van der Waals surface area contributed by atoms with E-state index in [9.17, 15) is 18.0 Å². The minimum atomic E-state index is -4.00. The predicted octanol–water partition coefficient (Wildman–Crippen LogP) is 2.48. The Kier molecular flexibility index (Phi) is 9.67. The van der Waals surface area contributed by atoms with Crippen LogP contribution >= 0.6 is 0 Å². The predicted molar refractivity (Wildman–Crippen MR) is 138 cm³/mol. The van der Waals surface area contributed by atoms with Gasteiger partial charge in [0.2, 0.25) is 11.8 Å². The fraction of sp³-hybridized carbons (Fsp3) is 0.440. The number of hydrogen-bond donors (Lipinski definition) is 1. The Bertz CT molecular complexity index is 1150. The SMILES string of the molecule is CCNC(=O)[C@@H](C)N(Cc1cccc(OC)c1)C(=O)CN(c1cc(C)ccc1C)S(=O)(=O)N(C)C. The molecule has 2 aromatic rings. The van der Waals surface area contributed by atoms with Gasteiger partial charge < -0.3 is 15.0 Å². The molecule has 0 aliphatic heterocycles. The minimum Gasteiger partial charge on any atom is -0.497 e. The summed E-state index contributed by atoms with van der Waals surface area (Å²) < 4.78 is 34.0. The molecule has 1 atom stereocenters. The number of benzene rings is 2. The molecule has 192 valence electrons. The summed E-state index contributed by atoms with van der Waals surface area (Å²) in [6, 6.07) is 11.8. The van der Waals surface area contributed by atoms with Crippen LogP contribution in [0, 0.1) is 13.8 Å². The monoisotopic (exact) mass is 504 g/mol. The number of ether oxygens (including phenoxy) is 1. The maximum Gasteiger partial charge on any atom is 0.304 e. The number of rotatable bonds is 11. The fourth-order valence-electron chi connectivity index (χ4n) is 3.56. The van der Waals surface area contributed by atoms with E-state index in [-0.39, 0.29) is 12.5 Å². The van der Waals surface area contributed by atoms with Gasteiger partial charge in [0.05, 0.1) is 12.8 Å². The Labute approximate surface area is 208 Å². The Balaban J connectivity index is 2.51. The van der Waals surface area contributed by atoms with Gasteiger partial charge in [0.1, 0.15) is 18.3 Å². The van der Waals surface area contributed by atoms with Crippen LogP contribution in [0.1, 0.15) is 30.5 Å². The topological polar surface area (TPSA) is 99.3 Å². The average molecular weight is 505 g/mol. The van der Waals surface area contributed by atoms with Crippen molar-refractivity contribution in [3.8, 4) is 5.75 Å². The second kappa shape index (κ2) is 12.0. The van der Waals surface area contributed by atoms with E-state index in [2.05, 4.69) is 5.32 Å². The van der Waals surface area contributed by atoms with Crippen molar-refractivity contribution in [1.29, 1.82) is 0 Å². The Morgan fingerprint density at radius 1 is 1.09 bits per heavy atom. The van der Waals surface area contributed by atoms with Crippen LogP contribution in [0.5, 0.6) is 5.75 Å². The first-order valence-electron chi connectivity index (χ1n) is 11.4. The number of carbonyl (C=O) groups is 2. The number of aryl methyl sites for hydroxylation is 2. The molecule has 2 aromatic carbocycles. The smallest absolute Gasteiger partial charge is 0.304 e. The Morgan fingerprint density at radius 3 is 2.37 bits per heavy atom. The van der Waals surface area contributed by atoms with E-state index in [0.29, 0.717) is 23.5 Å². The summed E-state index contributed by atoms with van der Waals surface area (Å²) >= 11 is 0. The third-order valence-electron chi connectivity index (χ3n) is 5.66. The van der Waals surface area contributed by atoms with Crippen molar-refractivity contribution in [2.24, 2.45) is 0 Å². The van der Waals surface area contributed by atoms with Crippen LogP contribution in [0.15, 0.2) is 42.5 Å². The lowest BCUT2D eigenvalue weighted by molar-refractivity contribution is -0.139. The number of methoxy groups -OCH3 is 1. The molecule has 0 unspecified atom stereocenters. The molecule has 0 radical (unpaired) electrons. The van der Waals surface area contributed by atoms with Gasteiger partial charge in [-0.25, -0.2) is 4.31 Å². The number of amides is 2. The van der Waals surface area contributed by atoms with Gasteiger partial charge in [-0.15, -0.1) is 0 Å². The minimum absolute atomic E-state index is 0.108. The van der Waals surface area contributed by atoms with Crippen LogP contribution in [0.3, 0.4) is 0 Å². The van der Waals surface area contributed by atoms with Gasteiger partial charge in [0.15, 0.2) is 0 Å². The van der Waals surface area contributed by atoms with E-state index >= 15 is 0 Å². The normalized spacial score (nSPS) is 12.2. The van der Waals surface area contributed by atoms with E-state index < -0.39 is 28.7 Å². The number of nitrogens with zero attached hydrogens (tertiary/aromatic N) is 3. The summed E-state index contributed by atoms with van der Waals surface area (Å²) in [7, 11) is 0.388. The molecule has 10 heteroatoms. The lowest BCUT2D eigenvalue weighted by atomic mass is 10.1. The van der Waals surface area contributed by atoms with Gasteiger partial charge in [-0.1, -0.05) is 24.3 Å². The second-order valence-electron chi connectivity index (χ2n) is 8.53. The molecule has 0 bridgehead atoms. The van der Waals surface area contributed by atoms with Crippen LogP contribution in [-0.4, -0.2) is 69.8 Å². The summed E-state index contributed by atoms with van der Waals surface area (Å²) in [5.74, 6) is -0.205. The molecule has 35 heavy (non-hydrogen) atoms. The average Bonchev–Trinajstić information content (AvgIpc) is 2.82. The van der Waals surface area contributed by atoms with Crippen molar-refractivity contribution in [3.63, 3.8) is 0 Å². The maximum atomic E-state index is 13.7. The summed E-state index contributed by atoms with van der Waals surface area (Å²) in [5, 5.41) is 2.74. The highest BCUT2D eigenvalue weighted by atomic mass is 32.2. The molecular weight excluding hydrogens is 468 g/mol. The number of carbonyl (C=O) groups excluding carboxylic acids is 2. The Hall–Kier alpha value is -3.11. The van der Waals surface area contributed by atoms with E-state index in [1.54, 1.807) is 52.1 Å². The Morgan fingerprint density at radius 2 is 1.77 bits per heavy atom. The van der Waals surface area contributed by atoms with Crippen molar-refractivity contribution in [2.45, 2.75) is 40.3 Å². The standard InChI is InChI=1S/C25H36N4O5S/c1-8-26-25(31)20(4)28(16-21-10-9-11-22(15-21)34-7)24(30)17-29(35(32,33)27(5)6)23-14-18(2)12-13-19(23)3/h9-15,20H,8,16-17H2,1-7H3,(H,26,31)/t20-/m1/s1. The summed E-state index contributed by atoms with van der Waals surface area (Å²) in [6.07, 6.45) is 0. The largest absolute Gasteiger partial charge is 0.497 e. The second-order valence-corrected chi connectivity index (χ2v) is 10.6. The molecule has 2 rings (SSSR count). The van der Waals surface area contributed by atoms with Gasteiger partial charge in [-0.2, -0.15) is 12.7 Å². The van der Waals surface area contributed by atoms with Gasteiger partial charge >= 0.3 is 10.2 Å². The lowest BCUT2D eigenvalue weighted by Gasteiger charge is -2.33. The van der Waals surface area contributed by atoms with Crippen molar-refractivity contribution >= 4 is 27.7 Å². The van der Waals surface area contributed by atoms with Crippen molar-refractivity contribution in [3.05, 3.63) is 59.2 Å². The lowest BCUT2D eigenvalue weighted by Crippen LogP contribution is -2.52. The molecular formula is C25H36N4O5S. The number of nitrogens with one attached hydrogen (secondary N) is 1. The highest BCUT2D eigenvalue weighted by molar-refractivity contribution is 7.90. The molecule has 0 spiro atoms. The van der Waals surface area contributed by atoms with Gasteiger partial charge in [0.25, 0.3) is 0 Å². The molecule has 2 amide bonds. The van der Waals surface area contributed by atoms with Crippen LogP contribution < -0.4 is 14.4 Å². The molecule has 1 N–H and O–H groups in total. The molecule has 0 saturated heterocycles. The van der Waals surface area contributed by atoms with Gasteiger partial charge in [-0.05, 0) is 62.6 Å². The van der Waals surface area contributed by atoms with E-state index in [1.165, 1.54) is 19.0 Å². The summed E-state index contributed by atoms with van der Waals surface area (Å²) in [6.45, 7) is 7.14. The zero-order valence-corrected chi connectivity index (χ0v) is 22.3. The molecule has 9 nitrogen and oxygen atoms in total. The molecule has 0 saturated carbocycles.